The number of Topliss-reactive ketones (excluding diaryl/α,β-unsaturated/α-hetero) is 1. The van der Waals surface area contributed by atoms with Crippen molar-refractivity contribution in [3.8, 4) is 5.75 Å². The molecule has 0 aromatic heterocycles. The number of halogens is 2. The van der Waals surface area contributed by atoms with E-state index in [0.717, 1.165) is 4.47 Å². The molecule has 2 aromatic rings. The van der Waals surface area contributed by atoms with E-state index in [-0.39, 0.29) is 36.4 Å². The number of amides is 1. The Morgan fingerprint density at radius 1 is 1.10 bits per heavy atom. The minimum Gasteiger partial charge on any atom is -0.525 e. The lowest BCUT2D eigenvalue weighted by atomic mass is 9.64. The standard InChI is InChI=1S/C22H22BBr2NO5/c1-13(2)9-14(23-30-20-6-4-3-5-17(20)22(29)31-23)10-16(27)12-26-21(28)18-11-15(24)7-8-19(18)25/h3-8,11,13-14H,9-10,12H2,1-2H3,(H,26,28)/t14-/m1/s1. The molecule has 1 heterocycles. The second kappa shape index (κ2) is 10.5. The first kappa shape index (κ1) is 23.5. The van der Waals surface area contributed by atoms with Gasteiger partial charge < -0.3 is 14.6 Å². The van der Waals surface area contributed by atoms with Gasteiger partial charge in [0.15, 0.2) is 5.78 Å². The van der Waals surface area contributed by atoms with E-state index < -0.39 is 13.1 Å². The predicted molar refractivity (Wildman–Crippen MR) is 125 cm³/mol. The predicted octanol–water partition coefficient (Wildman–Crippen LogP) is 5.05. The average molecular weight is 551 g/mol. The Hall–Kier alpha value is -2.13. The summed E-state index contributed by atoms with van der Waals surface area (Å²) in [5, 5.41) is 2.66. The Morgan fingerprint density at radius 2 is 1.84 bits per heavy atom. The third kappa shape index (κ3) is 6.20. The van der Waals surface area contributed by atoms with Crippen molar-refractivity contribution in [2.45, 2.75) is 32.5 Å². The van der Waals surface area contributed by atoms with Crippen LogP contribution in [0.15, 0.2) is 51.4 Å². The first-order valence-corrected chi connectivity index (χ1v) is 11.5. The van der Waals surface area contributed by atoms with Gasteiger partial charge in [-0.15, -0.1) is 0 Å². The summed E-state index contributed by atoms with van der Waals surface area (Å²) >= 11 is 6.68. The number of rotatable bonds is 8. The molecule has 1 N–H and O–H groups in total. The smallest absolute Gasteiger partial charge is 0.525 e. The molecule has 0 fully saturated rings. The molecule has 3 rings (SSSR count). The van der Waals surface area contributed by atoms with Gasteiger partial charge in [-0.25, -0.2) is 4.79 Å². The van der Waals surface area contributed by atoms with Gasteiger partial charge in [0.05, 0.1) is 17.7 Å². The fraction of sp³-hybridized carbons (Fsp3) is 0.318. The maximum Gasteiger partial charge on any atom is 0.600 e. The van der Waals surface area contributed by atoms with Crippen LogP contribution < -0.4 is 9.97 Å². The molecule has 0 bridgehead atoms. The van der Waals surface area contributed by atoms with E-state index in [4.69, 9.17) is 9.31 Å². The number of nitrogens with one attached hydrogen (secondary N) is 1. The van der Waals surface area contributed by atoms with Crippen molar-refractivity contribution < 1.29 is 23.7 Å². The monoisotopic (exact) mass is 549 g/mol. The normalized spacial score (nSPS) is 13.8. The third-order valence-electron chi connectivity index (χ3n) is 4.84. The highest BCUT2D eigenvalue weighted by molar-refractivity contribution is 9.11. The van der Waals surface area contributed by atoms with E-state index >= 15 is 0 Å². The number of hydrogen-bond donors (Lipinski definition) is 1. The first-order chi connectivity index (χ1) is 14.7. The van der Waals surface area contributed by atoms with Crippen molar-refractivity contribution in [2.75, 3.05) is 6.54 Å². The van der Waals surface area contributed by atoms with Gasteiger partial charge in [-0.1, -0.05) is 41.9 Å². The van der Waals surface area contributed by atoms with E-state index in [9.17, 15) is 14.4 Å². The van der Waals surface area contributed by atoms with E-state index in [1.807, 2.05) is 19.9 Å². The lowest BCUT2D eigenvalue weighted by Gasteiger charge is -2.28. The quantitative estimate of drug-likeness (QED) is 0.465. The minimum atomic E-state index is -0.844. The van der Waals surface area contributed by atoms with Gasteiger partial charge >= 0.3 is 13.1 Å². The zero-order valence-electron chi connectivity index (χ0n) is 17.2. The van der Waals surface area contributed by atoms with Crippen LogP contribution in [0.1, 0.15) is 47.4 Å². The molecular formula is C22H22BBr2NO5. The van der Waals surface area contributed by atoms with Crippen LogP contribution >= 0.6 is 31.9 Å². The minimum absolute atomic E-state index is 0.121. The largest absolute Gasteiger partial charge is 0.600 e. The van der Waals surface area contributed by atoms with Crippen molar-refractivity contribution in [3.05, 3.63) is 62.5 Å². The van der Waals surface area contributed by atoms with Crippen LogP contribution in [-0.2, 0) is 9.45 Å². The first-order valence-electron chi connectivity index (χ1n) is 9.96. The second-order valence-corrected chi connectivity index (χ2v) is 9.60. The zero-order valence-corrected chi connectivity index (χ0v) is 20.4. The summed E-state index contributed by atoms with van der Waals surface area (Å²) in [7, 11) is -0.844. The topological polar surface area (TPSA) is 81.7 Å². The van der Waals surface area contributed by atoms with Gasteiger partial charge in [0.2, 0.25) is 0 Å². The maximum atomic E-state index is 12.7. The van der Waals surface area contributed by atoms with Gasteiger partial charge in [-0.05, 0) is 58.6 Å². The van der Waals surface area contributed by atoms with Crippen LogP contribution in [0.2, 0.25) is 5.82 Å². The van der Waals surface area contributed by atoms with E-state index in [1.54, 1.807) is 36.4 Å². The summed E-state index contributed by atoms with van der Waals surface area (Å²) in [5.41, 5.74) is 0.808. The Balaban J connectivity index is 1.64. The van der Waals surface area contributed by atoms with Gasteiger partial charge in [0.1, 0.15) is 5.75 Å². The third-order valence-corrected chi connectivity index (χ3v) is 6.03. The van der Waals surface area contributed by atoms with Gasteiger partial charge in [0.25, 0.3) is 5.91 Å². The van der Waals surface area contributed by atoms with Gasteiger partial charge in [0, 0.05) is 21.2 Å². The van der Waals surface area contributed by atoms with Crippen molar-refractivity contribution in [1.29, 1.82) is 0 Å². The van der Waals surface area contributed by atoms with Crippen LogP contribution in [0.5, 0.6) is 5.75 Å². The molecule has 1 atom stereocenters. The molecule has 2 aromatic carbocycles. The summed E-state index contributed by atoms with van der Waals surface area (Å²) < 4.78 is 12.8. The number of benzene rings is 2. The molecule has 6 nitrogen and oxygen atoms in total. The van der Waals surface area contributed by atoms with Gasteiger partial charge in [-0.3, -0.25) is 9.59 Å². The fourth-order valence-corrected chi connectivity index (χ4v) is 4.24. The van der Waals surface area contributed by atoms with Gasteiger partial charge in [-0.2, -0.15) is 0 Å². The molecular weight excluding hydrogens is 529 g/mol. The average Bonchev–Trinajstić information content (AvgIpc) is 2.73. The Kier molecular flexibility index (Phi) is 7.94. The van der Waals surface area contributed by atoms with Crippen LogP contribution in [0.25, 0.3) is 0 Å². The maximum absolute atomic E-state index is 12.7. The number of fused-ring (bicyclic) bond motifs is 1. The van der Waals surface area contributed by atoms with E-state index in [0.29, 0.717) is 27.8 Å². The fourth-order valence-electron chi connectivity index (χ4n) is 3.46. The summed E-state index contributed by atoms with van der Waals surface area (Å²) in [6, 6.07) is 12.1. The molecule has 9 heteroatoms. The molecule has 1 aliphatic rings. The molecule has 0 spiro atoms. The summed E-state index contributed by atoms with van der Waals surface area (Å²) in [5.74, 6) is -0.567. The second-order valence-electron chi connectivity index (χ2n) is 7.83. The van der Waals surface area contributed by atoms with Crippen LogP contribution in [0, 0.1) is 5.92 Å². The Morgan fingerprint density at radius 3 is 2.58 bits per heavy atom. The molecule has 0 radical (unpaired) electrons. The van der Waals surface area contributed by atoms with Crippen LogP contribution in [0.3, 0.4) is 0 Å². The summed E-state index contributed by atoms with van der Waals surface area (Å²) in [6.45, 7) is 3.94. The number of ketones is 1. The molecule has 162 valence electrons. The Bertz CT molecular complexity index is 998. The Labute approximate surface area is 198 Å². The highest BCUT2D eigenvalue weighted by Crippen LogP contribution is 2.33. The van der Waals surface area contributed by atoms with E-state index in [2.05, 4.69) is 37.2 Å². The molecule has 1 amide bonds. The number of para-hydroxylation sites is 1. The van der Waals surface area contributed by atoms with Crippen molar-refractivity contribution in [3.63, 3.8) is 0 Å². The molecule has 0 aliphatic carbocycles. The number of hydrogen-bond acceptors (Lipinski definition) is 5. The molecule has 0 saturated carbocycles. The molecule has 1 aliphatic heterocycles. The number of carbonyl (C=O) groups is 3. The lowest BCUT2D eigenvalue weighted by molar-refractivity contribution is -0.118. The van der Waals surface area contributed by atoms with Crippen molar-refractivity contribution >= 4 is 56.6 Å². The SMILES string of the molecule is CC(C)C[C@H](CC(=O)CNC(=O)c1cc(Br)ccc1Br)B1OC(=O)c2ccccc2O1. The molecule has 0 saturated heterocycles. The van der Waals surface area contributed by atoms with E-state index in [1.165, 1.54) is 0 Å². The highest BCUT2D eigenvalue weighted by Gasteiger charge is 2.41. The summed E-state index contributed by atoms with van der Waals surface area (Å²) in [6.07, 6.45) is 0.759. The summed E-state index contributed by atoms with van der Waals surface area (Å²) in [4.78, 5) is 37.5. The zero-order chi connectivity index (χ0) is 22.5. The molecule has 31 heavy (non-hydrogen) atoms. The van der Waals surface area contributed by atoms with Crippen LogP contribution in [-0.4, -0.2) is 31.3 Å². The lowest BCUT2D eigenvalue weighted by Crippen LogP contribution is -2.41. The van der Waals surface area contributed by atoms with Crippen molar-refractivity contribution in [2.24, 2.45) is 5.92 Å². The highest BCUT2D eigenvalue weighted by atomic mass is 79.9. The van der Waals surface area contributed by atoms with Crippen molar-refractivity contribution in [1.82, 2.24) is 5.32 Å². The number of carbonyl (C=O) groups excluding carboxylic acids is 3. The van der Waals surface area contributed by atoms with Crippen LogP contribution in [0.4, 0.5) is 0 Å². The molecule has 0 unspecified atom stereocenters.